The summed E-state index contributed by atoms with van der Waals surface area (Å²) < 4.78 is 0. The molecule has 1 saturated carbocycles. The maximum atomic E-state index is 7.32. The molecule has 162 valence electrons. The second-order valence-corrected chi connectivity index (χ2v) is 9.27. The molecule has 1 aliphatic carbocycles. The summed E-state index contributed by atoms with van der Waals surface area (Å²) in [7, 11) is 2.22. The van der Waals surface area contributed by atoms with Gasteiger partial charge in [0.1, 0.15) is 0 Å². The fourth-order valence-corrected chi connectivity index (χ4v) is 4.54. The Balaban J connectivity index is 0.00000101. The Hall–Kier alpha value is -1.53. The van der Waals surface area contributed by atoms with Gasteiger partial charge < -0.3 is 4.90 Å². The number of likely N-dealkylation sites (N-methyl/N-ethyl adjacent to an activating group) is 1. The first-order valence-electron chi connectivity index (χ1n) is 10.9. The molecule has 0 heterocycles. The minimum atomic E-state index is 0.108. The van der Waals surface area contributed by atoms with E-state index in [0.29, 0.717) is 5.92 Å². The topological polar surface area (TPSA) is 27.0 Å². The normalized spacial score (nSPS) is 20.9. The maximum absolute atomic E-state index is 7.32. The minimum absolute atomic E-state index is 0.108. The van der Waals surface area contributed by atoms with E-state index in [4.69, 9.17) is 28.5 Å². The molecule has 1 aliphatic rings. The highest BCUT2D eigenvalue weighted by molar-refractivity contribution is 6.30. The molecule has 0 saturated heterocycles. The molecule has 0 spiro atoms. The third-order valence-corrected chi connectivity index (χ3v) is 6.91. The van der Waals surface area contributed by atoms with Crippen LogP contribution in [0.4, 0.5) is 0 Å². The van der Waals surface area contributed by atoms with Gasteiger partial charge in [0.15, 0.2) is 0 Å². The summed E-state index contributed by atoms with van der Waals surface area (Å²) in [4.78, 5) is 2.44. The van der Waals surface area contributed by atoms with Crippen LogP contribution in [0.3, 0.4) is 0 Å². The van der Waals surface area contributed by atoms with Crippen molar-refractivity contribution in [3.63, 3.8) is 0 Å². The standard InChI is InChI=1S/C24H31Cl2N.C2H3N/c1-27(17-15-19-6-3-2-4-7-19)16-5-8-20-9-11-21(12-10-20)22-13-14-23(25)24(26)18-22;1-2-3/h2-4,6-7,9-12,22-24H,5,8,13-18H2,1H3;1H3. The van der Waals surface area contributed by atoms with Crippen molar-refractivity contribution >= 4 is 23.2 Å². The minimum Gasteiger partial charge on any atom is -0.306 e. The first-order valence-corrected chi connectivity index (χ1v) is 11.8. The fourth-order valence-electron chi connectivity index (χ4n) is 3.97. The fraction of sp³-hybridized carbons (Fsp3) is 0.500. The lowest BCUT2D eigenvalue weighted by Gasteiger charge is -2.29. The maximum Gasteiger partial charge on any atom is 0.0587 e. The van der Waals surface area contributed by atoms with Gasteiger partial charge in [0.2, 0.25) is 0 Å². The summed E-state index contributed by atoms with van der Waals surface area (Å²) in [6.45, 7) is 3.69. The Morgan fingerprint density at radius 2 is 1.53 bits per heavy atom. The molecular weight excluding hydrogens is 411 g/mol. The largest absolute Gasteiger partial charge is 0.306 e. The van der Waals surface area contributed by atoms with Crippen LogP contribution in [-0.2, 0) is 12.8 Å². The van der Waals surface area contributed by atoms with Crippen LogP contribution in [0.25, 0.3) is 0 Å². The first-order chi connectivity index (χ1) is 14.5. The molecule has 3 unspecified atom stereocenters. The number of alkyl halides is 2. The van der Waals surface area contributed by atoms with Crippen molar-refractivity contribution in [3.05, 3.63) is 71.3 Å². The highest BCUT2D eigenvalue weighted by atomic mass is 35.5. The van der Waals surface area contributed by atoms with E-state index in [1.54, 1.807) is 6.07 Å². The Bertz CT molecular complexity index is 755. The van der Waals surface area contributed by atoms with Crippen molar-refractivity contribution < 1.29 is 0 Å². The number of halogens is 2. The highest BCUT2D eigenvalue weighted by Gasteiger charge is 2.28. The molecule has 0 N–H and O–H groups in total. The second kappa shape index (κ2) is 13.7. The van der Waals surface area contributed by atoms with Gasteiger partial charge in [0.05, 0.1) is 11.4 Å². The zero-order valence-corrected chi connectivity index (χ0v) is 19.7. The van der Waals surface area contributed by atoms with Gasteiger partial charge >= 0.3 is 0 Å². The second-order valence-electron chi connectivity index (χ2n) is 8.15. The van der Waals surface area contributed by atoms with E-state index in [1.807, 2.05) is 0 Å². The van der Waals surface area contributed by atoms with Crippen molar-refractivity contribution in [2.45, 2.75) is 62.1 Å². The molecule has 2 aromatic rings. The van der Waals surface area contributed by atoms with Crippen LogP contribution in [0.15, 0.2) is 54.6 Å². The van der Waals surface area contributed by atoms with E-state index in [2.05, 4.69) is 66.5 Å². The van der Waals surface area contributed by atoms with Gasteiger partial charge in [0, 0.05) is 18.8 Å². The van der Waals surface area contributed by atoms with Crippen LogP contribution < -0.4 is 0 Å². The smallest absolute Gasteiger partial charge is 0.0587 e. The number of nitriles is 1. The average molecular weight is 445 g/mol. The summed E-state index contributed by atoms with van der Waals surface area (Å²) in [6.07, 6.45) is 6.65. The van der Waals surface area contributed by atoms with E-state index in [0.717, 1.165) is 45.2 Å². The molecule has 0 aliphatic heterocycles. The number of nitrogens with zero attached hydrogens (tertiary/aromatic N) is 2. The molecule has 2 nitrogen and oxygen atoms in total. The zero-order chi connectivity index (χ0) is 21.8. The SMILES string of the molecule is CC#N.CN(CCCc1ccc(C2CCC(Cl)C(Cl)C2)cc1)CCc1ccccc1. The molecule has 4 heteroatoms. The lowest BCUT2D eigenvalue weighted by Crippen LogP contribution is -2.24. The summed E-state index contributed by atoms with van der Waals surface area (Å²) in [5.74, 6) is 0.570. The average Bonchev–Trinajstić information content (AvgIpc) is 2.76. The number of hydrogen-bond acceptors (Lipinski definition) is 2. The number of benzene rings is 2. The monoisotopic (exact) mass is 444 g/mol. The predicted molar refractivity (Wildman–Crippen MR) is 130 cm³/mol. The third kappa shape index (κ3) is 8.68. The van der Waals surface area contributed by atoms with Crippen molar-refractivity contribution in [1.29, 1.82) is 5.26 Å². The van der Waals surface area contributed by atoms with Crippen LogP contribution >= 0.6 is 23.2 Å². The van der Waals surface area contributed by atoms with Crippen molar-refractivity contribution in [1.82, 2.24) is 4.90 Å². The Labute approximate surface area is 192 Å². The summed E-state index contributed by atoms with van der Waals surface area (Å²) >= 11 is 12.6. The first kappa shape index (κ1) is 24.7. The van der Waals surface area contributed by atoms with Gasteiger partial charge in [-0.1, -0.05) is 54.6 Å². The van der Waals surface area contributed by atoms with E-state index in [1.165, 1.54) is 30.0 Å². The van der Waals surface area contributed by atoms with Gasteiger partial charge in [-0.05, 0) is 74.7 Å². The van der Waals surface area contributed by atoms with Crippen molar-refractivity contribution in [2.75, 3.05) is 20.1 Å². The molecule has 0 amide bonds. The molecule has 0 radical (unpaired) electrons. The lowest BCUT2D eigenvalue weighted by molar-refractivity contribution is 0.333. The van der Waals surface area contributed by atoms with Gasteiger partial charge in [-0.3, -0.25) is 0 Å². The van der Waals surface area contributed by atoms with E-state index in [9.17, 15) is 0 Å². The Morgan fingerprint density at radius 1 is 0.900 bits per heavy atom. The highest BCUT2D eigenvalue weighted by Crippen LogP contribution is 2.37. The Kier molecular flexibility index (Phi) is 11.3. The summed E-state index contributed by atoms with van der Waals surface area (Å²) in [5, 5.41) is 7.57. The van der Waals surface area contributed by atoms with Crippen LogP contribution in [0, 0.1) is 11.3 Å². The molecule has 0 bridgehead atoms. The van der Waals surface area contributed by atoms with Gasteiger partial charge in [-0.25, -0.2) is 0 Å². The Morgan fingerprint density at radius 3 is 2.17 bits per heavy atom. The lowest BCUT2D eigenvalue weighted by atomic mass is 9.83. The van der Waals surface area contributed by atoms with E-state index in [-0.39, 0.29) is 10.8 Å². The number of aryl methyl sites for hydroxylation is 1. The summed E-state index contributed by atoms with van der Waals surface area (Å²) in [5.41, 5.74) is 4.28. The number of rotatable bonds is 8. The van der Waals surface area contributed by atoms with E-state index < -0.39 is 0 Å². The van der Waals surface area contributed by atoms with Crippen LogP contribution in [0.1, 0.15) is 55.2 Å². The van der Waals surface area contributed by atoms with Crippen LogP contribution in [-0.4, -0.2) is 35.8 Å². The van der Waals surface area contributed by atoms with Gasteiger partial charge in [-0.15, -0.1) is 23.2 Å². The molecule has 0 aromatic heterocycles. The van der Waals surface area contributed by atoms with Crippen molar-refractivity contribution in [3.8, 4) is 6.07 Å². The molecule has 2 aromatic carbocycles. The summed E-state index contributed by atoms with van der Waals surface area (Å²) in [6, 6.07) is 21.7. The molecule has 1 fully saturated rings. The van der Waals surface area contributed by atoms with E-state index >= 15 is 0 Å². The predicted octanol–water partition coefficient (Wildman–Crippen LogP) is 6.81. The molecule has 30 heavy (non-hydrogen) atoms. The van der Waals surface area contributed by atoms with Gasteiger partial charge in [0.25, 0.3) is 0 Å². The number of hydrogen-bond donors (Lipinski definition) is 0. The van der Waals surface area contributed by atoms with Crippen molar-refractivity contribution in [2.24, 2.45) is 0 Å². The molecular formula is C26H34Cl2N2. The van der Waals surface area contributed by atoms with Gasteiger partial charge in [-0.2, -0.15) is 5.26 Å². The molecule has 3 rings (SSSR count). The molecule has 3 atom stereocenters. The van der Waals surface area contributed by atoms with Crippen LogP contribution in [0.5, 0.6) is 0 Å². The quantitative estimate of drug-likeness (QED) is 0.418. The zero-order valence-electron chi connectivity index (χ0n) is 18.2. The van der Waals surface area contributed by atoms with Crippen LogP contribution in [0.2, 0.25) is 0 Å². The third-order valence-electron chi connectivity index (χ3n) is 5.77.